The van der Waals surface area contributed by atoms with E-state index in [1.54, 1.807) is 43.5 Å². The van der Waals surface area contributed by atoms with E-state index in [0.717, 1.165) is 22.4 Å². The number of nitrogens with zero attached hydrogens (tertiary/aromatic N) is 1. The Hall–Kier alpha value is -4.32. The van der Waals surface area contributed by atoms with Crippen LogP contribution in [-0.4, -0.2) is 12.0 Å². The normalized spacial score (nSPS) is 10.6. The number of nitrogen functional groups attached to an aromatic ring is 2. The Bertz CT molecular complexity index is 1250. The van der Waals surface area contributed by atoms with E-state index in [4.69, 9.17) is 16.2 Å². The quantitative estimate of drug-likeness (QED) is 0.246. The third-order valence-corrected chi connectivity index (χ3v) is 5.21. The van der Waals surface area contributed by atoms with E-state index in [9.17, 15) is 10.1 Å². The van der Waals surface area contributed by atoms with Gasteiger partial charge >= 0.3 is 0 Å². The van der Waals surface area contributed by atoms with Gasteiger partial charge in [0, 0.05) is 28.6 Å². The van der Waals surface area contributed by atoms with Gasteiger partial charge in [-0.15, -0.1) is 0 Å². The lowest BCUT2D eigenvalue weighted by atomic mass is 9.86. The van der Waals surface area contributed by atoms with Crippen LogP contribution in [0.3, 0.4) is 0 Å². The van der Waals surface area contributed by atoms with Crippen LogP contribution in [0.2, 0.25) is 0 Å². The van der Waals surface area contributed by atoms with Gasteiger partial charge in [0.15, 0.2) is 0 Å². The summed E-state index contributed by atoms with van der Waals surface area (Å²) in [5.74, 6) is 0.727. The van der Waals surface area contributed by atoms with Gasteiger partial charge in [-0.1, -0.05) is 42.5 Å². The molecule has 0 bridgehead atoms. The van der Waals surface area contributed by atoms with Gasteiger partial charge in [-0.25, -0.2) is 0 Å². The molecule has 0 spiro atoms. The van der Waals surface area contributed by atoms with Gasteiger partial charge in [-0.05, 0) is 53.1 Å². The molecule has 4 aromatic rings. The number of methoxy groups -OCH3 is 1. The summed E-state index contributed by atoms with van der Waals surface area (Å²) in [7, 11) is 1.61. The van der Waals surface area contributed by atoms with Crippen LogP contribution in [-0.2, 0) is 0 Å². The lowest BCUT2D eigenvalue weighted by Crippen LogP contribution is -1.99. The Balaban J connectivity index is 2.11. The largest absolute Gasteiger partial charge is 0.497 e. The maximum atomic E-state index is 12.0. The molecule has 0 fully saturated rings. The highest BCUT2D eigenvalue weighted by molar-refractivity contribution is 6.01. The third-order valence-electron chi connectivity index (χ3n) is 5.21. The Labute approximate surface area is 179 Å². The SMILES string of the molecule is COc1ccc(-c2ccc([N+](=O)[O-])c(-c3ccc(N)cc3)c2-c2ccccc2N)cc1. The van der Waals surface area contributed by atoms with Crippen LogP contribution in [0.15, 0.2) is 84.9 Å². The minimum atomic E-state index is -0.369. The molecule has 0 heterocycles. The zero-order chi connectivity index (χ0) is 22.0. The molecule has 4 aromatic carbocycles. The first-order valence-electron chi connectivity index (χ1n) is 9.66. The van der Waals surface area contributed by atoms with Gasteiger partial charge in [0.25, 0.3) is 5.69 Å². The average Bonchev–Trinajstić information content (AvgIpc) is 2.79. The van der Waals surface area contributed by atoms with Crippen molar-refractivity contribution in [3.8, 4) is 39.1 Å². The second-order valence-electron chi connectivity index (χ2n) is 7.08. The van der Waals surface area contributed by atoms with Crippen LogP contribution < -0.4 is 16.2 Å². The van der Waals surface area contributed by atoms with Gasteiger partial charge in [-0.2, -0.15) is 0 Å². The predicted octanol–water partition coefficient (Wildman–Crippen LogP) is 5.77. The molecule has 0 aliphatic heterocycles. The molecule has 4 rings (SSSR count). The van der Waals surface area contributed by atoms with Crippen LogP contribution >= 0.6 is 0 Å². The topological polar surface area (TPSA) is 104 Å². The molecule has 0 amide bonds. The lowest BCUT2D eigenvalue weighted by Gasteiger charge is -2.18. The highest BCUT2D eigenvalue weighted by Gasteiger charge is 2.25. The van der Waals surface area contributed by atoms with E-state index in [1.807, 2.05) is 42.5 Å². The van der Waals surface area contributed by atoms with Gasteiger partial charge < -0.3 is 16.2 Å². The molecule has 0 saturated heterocycles. The fraction of sp³-hybridized carbons (Fsp3) is 0.0400. The first-order valence-corrected chi connectivity index (χ1v) is 9.66. The smallest absolute Gasteiger partial charge is 0.277 e. The number of rotatable bonds is 5. The first-order chi connectivity index (χ1) is 15.0. The standard InChI is InChI=1S/C25H21N3O3/c1-31-19-12-8-16(9-13-19)20-14-15-23(28(29)30)24(17-6-10-18(26)11-7-17)25(20)21-4-2-3-5-22(21)27/h2-15H,26-27H2,1H3. The number of hydrogen-bond donors (Lipinski definition) is 2. The first kappa shape index (κ1) is 20.0. The Kier molecular flexibility index (Phi) is 5.28. The second-order valence-corrected chi connectivity index (χ2v) is 7.08. The van der Waals surface area contributed by atoms with E-state index < -0.39 is 0 Å². The number of nitro benzene ring substituents is 1. The maximum absolute atomic E-state index is 12.0. The second kappa shape index (κ2) is 8.20. The zero-order valence-corrected chi connectivity index (χ0v) is 16.9. The van der Waals surface area contributed by atoms with Crippen molar-refractivity contribution < 1.29 is 9.66 Å². The van der Waals surface area contributed by atoms with Crippen LogP contribution in [0.1, 0.15) is 0 Å². The van der Waals surface area contributed by atoms with E-state index in [0.29, 0.717) is 28.1 Å². The molecule has 0 radical (unpaired) electrons. The molecular formula is C25H21N3O3. The minimum Gasteiger partial charge on any atom is -0.497 e. The van der Waals surface area contributed by atoms with Gasteiger partial charge in [0.05, 0.1) is 17.6 Å². The molecule has 6 nitrogen and oxygen atoms in total. The number of nitrogens with two attached hydrogens (primary N) is 2. The molecule has 0 atom stereocenters. The van der Waals surface area contributed by atoms with Crippen LogP contribution in [0, 0.1) is 10.1 Å². The summed E-state index contributed by atoms with van der Waals surface area (Å²) in [5, 5.41) is 12.0. The summed E-state index contributed by atoms with van der Waals surface area (Å²) in [6.45, 7) is 0. The Morgan fingerprint density at radius 1 is 0.742 bits per heavy atom. The predicted molar refractivity (Wildman–Crippen MR) is 125 cm³/mol. The van der Waals surface area contributed by atoms with Crippen LogP contribution in [0.5, 0.6) is 5.75 Å². The Morgan fingerprint density at radius 3 is 2.00 bits per heavy atom. The van der Waals surface area contributed by atoms with E-state index in [-0.39, 0.29) is 10.6 Å². The average molecular weight is 411 g/mol. The van der Waals surface area contributed by atoms with Gasteiger partial charge in [0.2, 0.25) is 0 Å². The maximum Gasteiger partial charge on any atom is 0.277 e. The fourth-order valence-corrected chi connectivity index (χ4v) is 3.70. The van der Waals surface area contributed by atoms with Gasteiger partial charge in [0.1, 0.15) is 5.75 Å². The van der Waals surface area contributed by atoms with Crippen LogP contribution in [0.25, 0.3) is 33.4 Å². The summed E-state index contributed by atoms with van der Waals surface area (Å²) >= 11 is 0. The molecule has 154 valence electrons. The molecule has 0 aromatic heterocycles. The molecule has 0 aliphatic rings. The van der Waals surface area contributed by atoms with Crippen molar-refractivity contribution in [2.75, 3.05) is 18.6 Å². The van der Waals surface area contributed by atoms with Crippen molar-refractivity contribution in [1.82, 2.24) is 0 Å². The van der Waals surface area contributed by atoms with Crippen molar-refractivity contribution in [2.45, 2.75) is 0 Å². The number of ether oxygens (including phenoxy) is 1. The summed E-state index contributed by atoms with van der Waals surface area (Å²) in [6, 6.07) is 25.3. The summed E-state index contributed by atoms with van der Waals surface area (Å²) in [4.78, 5) is 11.6. The molecule has 6 heteroatoms. The van der Waals surface area contributed by atoms with Crippen molar-refractivity contribution >= 4 is 17.1 Å². The molecule has 0 aliphatic carbocycles. The van der Waals surface area contributed by atoms with Crippen molar-refractivity contribution in [3.63, 3.8) is 0 Å². The summed E-state index contributed by atoms with van der Waals surface area (Å²) in [5.41, 5.74) is 17.6. The minimum absolute atomic E-state index is 0.000265. The molecule has 0 saturated carbocycles. The summed E-state index contributed by atoms with van der Waals surface area (Å²) < 4.78 is 5.27. The molecule has 31 heavy (non-hydrogen) atoms. The number of para-hydroxylation sites is 1. The highest BCUT2D eigenvalue weighted by Crippen LogP contribution is 2.46. The monoisotopic (exact) mass is 411 g/mol. The van der Waals surface area contributed by atoms with Crippen molar-refractivity contribution in [3.05, 3.63) is 95.0 Å². The number of benzene rings is 4. The van der Waals surface area contributed by atoms with E-state index in [2.05, 4.69) is 0 Å². The van der Waals surface area contributed by atoms with Gasteiger partial charge in [-0.3, -0.25) is 10.1 Å². The number of hydrogen-bond acceptors (Lipinski definition) is 5. The molecule has 4 N–H and O–H groups in total. The highest BCUT2D eigenvalue weighted by atomic mass is 16.6. The molecular weight excluding hydrogens is 390 g/mol. The zero-order valence-electron chi connectivity index (χ0n) is 16.9. The summed E-state index contributed by atoms with van der Waals surface area (Å²) in [6.07, 6.45) is 0. The lowest BCUT2D eigenvalue weighted by molar-refractivity contribution is -0.384. The van der Waals surface area contributed by atoms with Crippen molar-refractivity contribution in [2.24, 2.45) is 0 Å². The number of anilines is 2. The molecule has 0 unspecified atom stereocenters. The van der Waals surface area contributed by atoms with Crippen molar-refractivity contribution in [1.29, 1.82) is 0 Å². The fourth-order valence-electron chi connectivity index (χ4n) is 3.70. The van der Waals surface area contributed by atoms with E-state index >= 15 is 0 Å². The third kappa shape index (κ3) is 3.79. The van der Waals surface area contributed by atoms with E-state index in [1.165, 1.54) is 6.07 Å². The Morgan fingerprint density at radius 2 is 1.39 bits per heavy atom. The van der Waals surface area contributed by atoms with Crippen LogP contribution in [0.4, 0.5) is 17.1 Å². The number of nitro groups is 1.